The van der Waals surface area contributed by atoms with Crippen molar-refractivity contribution >= 4 is 16.7 Å². The molecule has 3 N–H and O–H groups in total. The maximum absolute atomic E-state index is 13.0. The number of fused-ring (bicyclic) bond motifs is 1. The van der Waals surface area contributed by atoms with Crippen LogP contribution >= 0.6 is 0 Å². The van der Waals surface area contributed by atoms with Crippen LogP contribution < -0.4 is 10.5 Å². The Kier molecular flexibility index (Phi) is 2.98. The number of hydrogen-bond acceptors (Lipinski definition) is 3. The molecule has 102 valence electrons. The highest BCUT2D eigenvalue weighted by atomic mass is 19.1. The summed E-state index contributed by atoms with van der Waals surface area (Å²) in [4.78, 5) is 0. The van der Waals surface area contributed by atoms with E-state index in [1.165, 1.54) is 12.1 Å². The van der Waals surface area contributed by atoms with Crippen LogP contribution in [0.5, 0.6) is 5.75 Å². The lowest BCUT2D eigenvalue weighted by Crippen LogP contribution is -1.97. The minimum absolute atomic E-state index is 0.0674. The summed E-state index contributed by atoms with van der Waals surface area (Å²) in [7, 11) is 0. The zero-order valence-corrected chi connectivity index (χ0v) is 10.4. The van der Waals surface area contributed by atoms with E-state index in [1.54, 1.807) is 18.2 Å². The molecule has 3 rings (SSSR count). The molecule has 0 atom stereocenters. The molecule has 0 aliphatic heterocycles. The van der Waals surface area contributed by atoms with Gasteiger partial charge in [0.2, 0.25) is 0 Å². The van der Waals surface area contributed by atoms with E-state index in [2.05, 4.69) is 10.2 Å². The van der Waals surface area contributed by atoms with Crippen LogP contribution in [0.1, 0.15) is 5.56 Å². The fraction of sp³-hybridized carbons (Fsp3) is 0.0714. The van der Waals surface area contributed by atoms with Crippen molar-refractivity contribution in [3.63, 3.8) is 0 Å². The topological polar surface area (TPSA) is 63.9 Å². The first-order valence-corrected chi connectivity index (χ1v) is 5.93. The molecule has 1 aromatic heterocycles. The second-order valence-corrected chi connectivity index (χ2v) is 4.38. The van der Waals surface area contributed by atoms with Crippen molar-refractivity contribution in [2.45, 2.75) is 6.61 Å². The smallest absolute Gasteiger partial charge is 0.153 e. The maximum atomic E-state index is 13.0. The molecule has 6 heteroatoms. The fourth-order valence-corrected chi connectivity index (χ4v) is 1.96. The van der Waals surface area contributed by atoms with Crippen LogP contribution in [0.25, 0.3) is 10.9 Å². The van der Waals surface area contributed by atoms with Gasteiger partial charge in [-0.1, -0.05) is 0 Å². The average molecular weight is 275 g/mol. The number of H-pyrrole nitrogens is 1. The zero-order valence-electron chi connectivity index (χ0n) is 10.4. The van der Waals surface area contributed by atoms with Crippen molar-refractivity contribution < 1.29 is 13.5 Å². The van der Waals surface area contributed by atoms with Gasteiger partial charge in [-0.2, -0.15) is 5.10 Å². The molecule has 0 amide bonds. The van der Waals surface area contributed by atoms with Gasteiger partial charge in [-0.3, -0.25) is 5.10 Å². The number of ether oxygens (including phenoxy) is 1. The SMILES string of the molecule is Nc1n[nH]c2ccc(OCc3cc(F)cc(F)c3)cc12. The first-order chi connectivity index (χ1) is 9.61. The molecular formula is C14H11F2N3O. The number of rotatable bonds is 3. The van der Waals surface area contributed by atoms with Crippen LogP contribution in [0.3, 0.4) is 0 Å². The number of halogens is 2. The van der Waals surface area contributed by atoms with Crippen LogP contribution in [0.2, 0.25) is 0 Å². The van der Waals surface area contributed by atoms with E-state index in [9.17, 15) is 8.78 Å². The number of aromatic nitrogens is 2. The third-order valence-electron chi connectivity index (χ3n) is 2.89. The Morgan fingerprint density at radius 3 is 2.60 bits per heavy atom. The van der Waals surface area contributed by atoms with E-state index in [4.69, 9.17) is 10.5 Å². The summed E-state index contributed by atoms with van der Waals surface area (Å²) in [5, 5.41) is 7.39. The third kappa shape index (κ3) is 2.40. The zero-order chi connectivity index (χ0) is 14.1. The summed E-state index contributed by atoms with van der Waals surface area (Å²) >= 11 is 0. The van der Waals surface area contributed by atoms with Gasteiger partial charge in [0.05, 0.1) is 5.52 Å². The van der Waals surface area contributed by atoms with E-state index >= 15 is 0 Å². The molecule has 0 aliphatic rings. The summed E-state index contributed by atoms with van der Waals surface area (Å²) in [5.74, 6) is -0.325. The monoisotopic (exact) mass is 275 g/mol. The van der Waals surface area contributed by atoms with Gasteiger partial charge in [-0.15, -0.1) is 0 Å². The molecule has 0 fully saturated rings. The number of nitrogens with zero attached hydrogens (tertiary/aromatic N) is 1. The predicted octanol–water partition coefficient (Wildman–Crippen LogP) is 3.00. The molecule has 0 spiro atoms. The molecule has 0 saturated heterocycles. The number of benzene rings is 2. The van der Waals surface area contributed by atoms with Crippen LogP contribution in [0, 0.1) is 11.6 Å². The van der Waals surface area contributed by atoms with Gasteiger partial charge in [-0.05, 0) is 35.9 Å². The largest absolute Gasteiger partial charge is 0.489 e. The quantitative estimate of drug-likeness (QED) is 0.772. The van der Waals surface area contributed by atoms with Crippen molar-refractivity contribution in [2.75, 3.05) is 5.73 Å². The number of hydrogen-bond donors (Lipinski definition) is 2. The van der Waals surface area contributed by atoms with Crippen molar-refractivity contribution in [2.24, 2.45) is 0 Å². The van der Waals surface area contributed by atoms with Gasteiger partial charge >= 0.3 is 0 Å². The highest BCUT2D eigenvalue weighted by Crippen LogP contribution is 2.24. The molecule has 0 aliphatic carbocycles. The number of nitrogens with one attached hydrogen (secondary N) is 1. The van der Waals surface area contributed by atoms with Crippen LogP contribution in [-0.4, -0.2) is 10.2 Å². The molecular weight excluding hydrogens is 264 g/mol. The highest BCUT2D eigenvalue weighted by molar-refractivity contribution is 5.89. The van der Waals surface area contributed by atoms with E-state index in [-0.39, 0.29) is 6.61 Å². The van der Waals surface area contributed by atoms with E-state index in [1.807, 2.05) is 0 Å². The van der Waals surface area contributed by atoms with Crippen LogP contribution in [0.4, 0.5) is 14.6 Å². The Morgan fingerprint density at radius 2 is 1.85 bits per heavy atom. The fourth-order valence-electron chi connectivity index (χ4n) is 1.96. The summed E-state index contributed by atoms with van der Waals surface area (Å²) in [5.41, 5.74) is 6.91. The summed E-state index contributed by atoms with van der Waals surface area (Å²) < 4.78 is 31.6. The number of anilines is 1. The predicted molar refractivity (Wildman–Crippen MR) is 71.2 cm³/mol. The molecule has 4 nitrogen and oxygen atoms in total. The van der Waals surface area contributed by atoms with Crippen molar-refractivity contribution in [1.29, 1.82) is 0 Å². The second-order valence-electron chi connectivity index (χ2n) is 4.38. The first kappa shape index (κ1) is 12.4. The van der Waals surface area contributed by atoms with Gasteiger partial charge in [0.25, 0.3) is 0 Å². The van der Waals surface area contributed by atoms with Crippen molar-refractivity contribution in [1.82, 2.24) is 10.2 Å². The van der Waals surface area contributed by atoms with Crippen LogP contribution in [-0.2, 0) is 6.61 Å². The second kappa shape index (κ2) is 4.80. The Hall–Kier alpha value is -2.63. The van der Waals surface area contributed by atoms with Crippen molar-refractivity contribution in [3.05, 3.63) is 53.6 Å². The number of nitrogens with two attached hydrogens (primary N) is 1. The van der Waals surface area contributed by atoms with Gasteiger partial charge in [-0.25, -0.2) is 8.78 Å². The third-order valence-corrected chi connectivity index (χ3v) is 2.89. The lowest BCUT2D eigenvalue weighted by Gasteiger charge is -2.07. The Balaban J connectivity index is 1.80. The lowest BCUT2D eigenvalue weighted by molar-refractivity contribution is 0.305. The van der Waals surface area contributed by atoms with Gasteiger partial charge in [0, 0.05) is 11.5 Å². The van der Waals surface area contributed by atoms with E-state index in [0.717, 1.165) is 17.0 Å². The van der Waals surface area contributed by atoms with Crippen LogP contribution in [0.15, 0.2) is 36.4 Å². The minimum atomic E-state index is -0.627. The highest BCUT2D eigenvalue weighted by Gasteiger charge is 2.05. The summed E-state index contributed by atoms with van der Waals surface area (Å²) in [6.45, 7) is 0.0674. The Labute approximate surface area is 113 Å². The summed E-state index contributed by atoms with van der Waals surface area (Å²) in [6, 6.07) is 8.52. The maximum Gasteiger partial charge on any atom is 0.153 e. The summed E-state index contributed by atoms with van der Waals surface area (Å²) in [6.07, 6.45) is 0. The van der Waals surface area contributed by atoms with Gasteiger partial charge < -0.3 is 10.5 Å². The van der Waals surface area contributed by atoms with E-state index < -0.39 is 11.6 Å². The molecule has 1 heterocycles. The van der Waals surface area contributed by atoms with Gasteiger partial charge in [0.1, 0.15) is 24.0 Å². The van der Waals surface area contributed by atoms with E-state index in [0.29, 0.717) is 17.1 Å². The number of aromatic amines is 1. The standard InChI is InChI=1S/C14H11F2N3O/c15-9-3-8(4-10(16)5-9)7-20-11-1-2-13-12(6-11)14(17)19-18-13/h1-6H,7H2,(H3,17,18,19). The molecule has 0 unspecified atom stereocenters. The Bertz CT molecular complexity index is 750. The number of nitrogen functional groups attached to an aromatic ring is 1. The Morgan fingerprint density at radius 1 is 1.10 bits per heavy atom. The van der Waals surface area contributed by atoms with Gasteiger partial charge in [0.15, 0.2) is 5.82 Å². The minimum Gasteiger partial charge on any atom is -0.489 e. The molecule has 0 saturated carbocycles. The molecule has 2 aromatic carbocycles. The lowest BCUT2D eigenvalue weighted by atomic mass is 10.2. The van der Waals surface area contributed by atoms with Crippen molar-refractivity contribution in [3.8, 4) is 5.75 Å². The first-order valence-electron chi connectivity index (χ1n) is 5.93. The normalized spacial score (nSPS) is 10.9. The molecule has 0 radical (unpaired) electrons. The molecule has 0 bridgehead atoms. The average Bonchev–Trinajstić information content (AvgIpc) is 2.77. The molecule has 3 aromatic rings. The molecule has 20 heavy (non-hydrogen) atoms.